The number of benzene rings is 1. The fraction of sp³-hybridized carbons (Fsp3) is 0.375. The molecular formula is C16H16ClN3O5. The molecule has 25 heavy (non-hydrogen) atoms. The van der Waals surface area contributed by atoms with Crippen LogP contribution in [0.15, 0.2) is 28.8 Å². The van der Waals surface area contributed by atoms with Crippen molar-refractivity contribution in [3.05, 3.63) is 35.2 Å². The second kappa shape index (κ2) is 7.62. The van der Waals surface area contributed by atoms with Crippen LogP contribution in [0.3, 0.4) is 0 Å². The summed E-state index contributed by atoms with van der Waals surface area (Å²) in [5.41, 5.74) is 0.767. The van der Waals surface area contributed by atoms with Crippen molar-refractivity contribution < 1.29 is 24.0 Å². The van der Waals surface area contributed by atoms with Gasteiger partial charge in [-0.3, -0.25) is 4.79 Å². The molecule has 1 aliphatic rings. The van der Waals surface area contributed by atoms with Crippen molar-refractivity contribution in [2.24, 2.45) is 0 Å². The number of hydrogen-bond donors (Lipinski definition) is 1. The first-order valence-corrected chi connectivity index (χ1v) is 8.11. The molecule has 0 spiro atoms. The van der Waals surface area contributed by atoms with Gasteiger partial charge in [-0.2, -0.15) is 4.98 Å². The van der Waals surface area contributed by atoms with Gasteiger partial charge in [-0.1, -0.05) is 16.8 Å². The molecule has 3 rings (SSSR count). The Morgan fingerprint density at radius 2 is 2.08 bits per heavy atom. The van der Waals surface area contributed by atoms with Crippen molar-refractivity contribution in [3.8, 4) is 11.4 Å². The van der Waals surface area contributed by atoms with Gasteiger partial charge in [0.2, 0.25) is 17.6 Å². The lowest BCUT2D eigenvalue weighted by molar-refractivity contribution is -0.159. The van der Waals surface area contributed by atoms with Crippen molar-refractivity contribution in [2.75, 3.05) is 19.7 Å². The van der Waals surface area contributed by atoms with Crippen LogP contribution >= 0.6 is 11.6 Å². The molecule has 1 aliphatic heterocycles. The van der Waals surface area contributed by atoms with Gasteiger partial charge in [0, 0.05) is 30.0 Å². The van der Waals surface area contributed by atoms with Crippen LogP contribution in [0.4, 0.5) is 0 Å². The number of amides is 1. The molecule has 1 atom stereocenters. The van der Waals surface area contributed by atoms with Gasteiger partial charge in [-0.05, 0) is 24.3 Å². The van der Waals surface area contributed by atoms with Gasteiger partial charge >= 0.3 is 5.97 Å². The number of aliphatic carboxylic acids is 1. The summed E-state index contributed by atoms with van der Waals surface area (Å²) < 4.78 is 10.3. The standard InChI is InChI=1S/C16H16ClN3O5/c17-11-3-1-10(2-4-11)15-18-13(25-19-15)5-6-14(21)20-7-8-24-12(9-20)16(22)23/h1-4,12H,5-9H2,(H,22,23)/t12-/m1/s1. The highest BCUT2D eigenvalue weighted by Crippen LogP contribution is 2.19. The molecule has 132 valence electrons. The maximum Gasteiger partial charge on any atom is 0.334 e. The Bertz CT molecular complexity index is 761. The summed E-state index contributed by atoms with van der Waals surface area (Å²) >= 11 is 5.84. The minimum absolute atomic E-state index is 0.0496. The Hall–Kier alpha value is -2.45. The second-order valence-electron chi connectivity index (χ2n) is 5.56. The number of carbonyl (C=O) groups is 2. The SMILES string of the molecule is O=C(O)[C@H]1CN(C(=O)CCc2nc(-c3ccc(Cl)cc3)no2)CCO1. The van der Waals surface area contributed by atoms with Gasteiger partial charge in [0.25, 0.3) is 0 Å². The maximum absolute atomic E-state index is 12.2. The zero-order valence-corrected chi connectivity index (χ0v) is 14.0. The van der Waals surface area contributed by atoms with Crippen LogP contribution in [0.1, 0.15) is 12.3 Å². The van der Waals surface area contributed by atoms with E-state index in [1.54, 1.807) is 24.3 Å². The zero-order chi connectivity index (χ0) is 17.8. The molecule has 1 fully saturated rings. The number of carboxylic acid groups (broad SMARTS) is 1. The number of carbonyl (C=O) groups excluding carboxylic acids is 1. The van der Waals surface area contributed by atoms with Crippen molar-refractivity contribution >= 4 is 23.5 Å². The Labute approximate surface area is 148 Å². The number of aryl methyl sites for hydroxylation is 1. The minimum Gasteiger partial charge on any atom is -0.479 e. The smallest absolute Gasteiger partial charge is 0.334 e. The molecule has 8 nitrogen and oxygen atoms in total. The summed E-state index contributed by atoms with van der Waals surface area (Å²) in [6.07, 6.45) is -0.527. The van der Waals surface area contributed by atoms with Crippen LogP contribution in [0.5, 0.6) is 0 Å². The van der Waals surface area contributed by atoms with Crippen molar-refractivity contribution in [1.82, 2.24) is 15.0 Å². The summed E-state index contributed by atoms with van der Waals surface area (Å²) in [5, 5.41) is 13.5. The highest BCUT2D eigenvalue weighted by Gasteiger charge is 2.28. The lowest BCUT2D eigenvalue weighted by Crippen LogP contribution is -2.48. The third-order valence-corrected chi connectivity index (χ3v) is 4.07. The van der Waals surface area contributed by atoms with E-state index in [-0.39, 0.29) is 31.9 Å². The Morgan fingerprint density at radius 3 is 2.80 bits per heavy atom. The lowest BCUT2D eigenvalue weighted by Gasteiger charge is -2.30. The first-order chi connectivity index (χ1) is 12.0. The van der Waals surface area contributed by atoms with E-state index in [2.05, 4.69) is 10.1 Å². The molecule has 0 radical (unpaired) electrons. The van der Waals surface area contributed by atoms with Gasteiger partial charge in [0.15, 0.2) is 6.10 Å². The normalized spacial score (nSPS) is 17.5. The largest absolute Gasteiger partial charge is 0.479 e. The zero-order valence-electron chi connectivity index (χ0n) is 13.2. The van der Waals surface area contributed by atoms with Gasteiger partial charge in [-0.15, -0.1) is 0 Å². The molecular weight excluding hydrogens is 350 g/mol. The average molecular weight is 366 g/mol. The number of nitrogens with zero attached hydrogens (tertiary/aromatic N) is 3. The monoisotopic (exact) mass is 365 g/mol. The number of aromatic nitrogens is 2. The summed E-state index contributed by atoms with van der Waals surface area (Å²) in [5.74, 6) is -0.458. The number of morpholine rings is 1. The maximum atomic E-state index is 12.2. The molecule has 1 saturated heterocycles. The first-order valence-electron chi connectivity index (χ1n) is 7.73. The van der Waals surface area contributed by atoms with E-state index in [4.69, 9.17) is 26.0 Å². The number of carboxylic acids is 1. The van der Waals surface area contributed by atoms with Gasteiger partial charge < -0.3 is 19.3 Å². The molecule has 1 N–H and O–H groups in total. The summed E-state index contributed by atoms with van der Waals surface area (Å²) in [7, 11) is 0. The van der Waals surface area contributed by atoms with E-state index in [0.29, 0.717) is 23.3 Å². The van der Waals surface area contributed by atoms with Crippen LogP contribution in [0.25, 0.3) is 11.4 Å². The van der Waals surface area contributed by atoms with E-state index in [1.165, 1.54) is 4.90 Å². The summed E-state index contributed by atoms with van der Waals surface area (Å²) in [6.45, 7) is 0.639. The van der Waals surface area contributed by atoms with E-state index in [1.807, 2.05) is 0 Å². The topological polar surface area (TPSA) is 106 Å². The molecule has 0 aliphatic carbocycles. The summed E-state index contributed by atoms with van der Waals surface area (Å²) in [6, 6.07) is 7.02. The molecule has 0 unspecified atom stereocenters. The van der Waals surface area contributed by atoms with Crippen molar-refractivity contribution in [1.29, 1.82) is 0 Å². The van der Waals surface area contributed by atoms with Crippen molar-refractivity contribution in [2.45, 2.75) is 18.9 Å². The summed E-state index contributed by atoms with van der Waals surface area (Å²) in [4.78, 5) is 28.9. The predicted molar refractivity (Wildman–Crippen MR) is 87.0 cm³/mol. The second-order valence-corrected chi connectivity index (χ2v) is 5.99. The number of hydrogen-bond acceptors (Lipinski definition) is 6. The first kappa shape index (κ1) is 17.4. The molecule has 1 amide bonds. The highest BCUT2D eigenvalue weighted by atomic mass is 35.5. The van der Waals surface area contributed by atoms with E-state index in [9.17, 15) is 9.59 Å². The lowest BCUT2D eigenvalue weighted by atomic mass is 10.2. The van der Waals surface area contributed by atoms with Gasteiger partial charge in [0.05, 0.1) is 13.2 Å². The van der Waals surface area contributed by atoms with Crippen molar-refractivity contribution in [3.63, 3.8) is 0 Å². The quantitative estimate of drug-likeness (QED) is 0.858. The third kappa shape index (κ3) is 4.34. The van der Waals surface area contributed by atoms with E-state index in [0.717, 1.165) is 5.56 Å². The number of halogens is 1. The molecule has 2 heterocycles. The molecule has 0 saturated carbocycles. The van der Waals surface area contributed by atoms with Gasteiger partial charge in [-0.25, -0.2) is 4.79 Å². The predicted octanol–water partition coefficient (Wildman–Crippen LogP) is 1.63. The number of rotatable bonds is 5. The highest BCUT2D eigenvalue weighted by molar-refractivity contribution is 6.30. The fourth-order valence-electron chi connectivity index (χ4n) is 2.47. The average Bonchev–Trinajstić information content (AvgIpc) is 3.09. The Kier molecular flexibility index (Phi) is 5.30. The Balaban J connectivity index is 1.56. The Morgan fingerprint density at radius 1 is 1.32 bits per heavy atom. The minimum atomic E-state index is -1.07. The van der Waals surface area contributed by atoms with Crippen LogP contribution in [-0.2, 0) is 20.7 Å². The van der Waals surface area contributed by atoms with Crippen LogP contribution < -0.4 is 0 Å². The van der Waals surface area contributed by atoms with Crippen LogP contribution in [0.2, 0.25) is 5.02 Å². The molecule has 1 aromatic heterocycles. The third-order valence-electron chi connectivity index (χ3n) is 3.82. The molecule has 0 bridgehead atoms. The van der Waals surface area contributed by atoms with Crippen LogP contribution in [0, 0.1) is 0 Å². The number of ether oxygens (including phenoxy) is 1. The molecule has 9 heteroatoms. The molecule has 1 aromatic carbocycles. The van der Waals surface area contributed by atoms with Gasteiger partial charge in [0.1, 0.15) is 0 Å². The van der Waals surface area contributed by atoms with E-state index < -0.39 is 12.1 Å². The molecule has 2 aromatic rings. The van der Waals surface area contributed by atoms with Crippen LogP contribution in [-0.4, -0.2) is 57.8 Å². The fourth-order valence-corrected chi connectivity index (χ4v) is 2.60. The van der Waals surface area contributed by atoms with E-state index >= 15 is 0 Å².